The predicted molar refractivity (Wildman–Crippen MR) is 85.6 cm³/mol. The van der Waals surface area contributed by atoms with Crippen molar-refractivity contribution in [2.75, 3.05) is 7.11 Å². The number of nitrogens with one attached hydrogen (secondary N) is 2. The smallest absolute Gasteiger partial charge is 0.310 e. The highest BCUT2D eigenvalue weighted by molar-refractivity contribution is 5.91. The van der Waals surface area contributed by atoms with E-state index < -0.39 is 11.0 Å². The van der Waals surface area contributed by atoms with Crippen LogP contribution in [0.25, 0.3) is 10.8 Å². The number of H-pyrrole nitrogens is 2. The number of aromatic nitrogens is 2. The van der Waals surface area contributed by atoms with Gasteiger partial charge in [-0.25, -0.2) is 0 Å². The number of benzene rings is 2. The number of rotatable bonds is 4. The third-order valence-corrected chi connectivity index (χ3v) is 3.72. The Labute approximate surface area is 126 Å². The molecule has 2 aromatic carbocycles. The first-order valence-electron chi connectivity index (χ1n) is 7.04. The van der Waals surface area contributed by atoms with E-state index in [1.165, 1.54) is 11.6 Å². The predicted octanol–water partition coefficient (Wildman–Crippen LogP) is 2.01. The second-order valence-electron chi connectivity index (χ2n) is 5.09. The van der Waals surface area contributed by atoms with Gasteiger partial charge in [0.15, 0.2) is 0 Å². The average Bonchev–Trinajstić information content (AvgIpc) is 2.55. The van der Waals surface area contributed by atoms with Crippen LogP contribution in [0, 0.1) is 0 Å². The molecule has 112 valence electrons. The molecule has 1 aromatic heterocycles. The van der Waals surface area contributed by atoms with Crippen molar-refractivity contribution in [3.8, 4) is 5.75 Å². The Morgan fingerprint density at radius 2 is 1.73 bits per heavy atom. The van der Waals surface area contributed by atoms with Crippen molar-refractivity contribution < 1.29 is 4.74 Å². The maximum absolute atomic E-state index is 11.4. The minimum atomic E-state index is -0.626. The first kappa shape index (κ1) is 14.1. The Balaban J connectivity index is 1.92. The monoisotopic (exact) mass is 296 g/mol. The lowest BCUT2D eigenvalue weighted by atomic mass is 9.99. The van der Waals surface area contributed by atoms with Crippen LogP contribution in [0.4, 0.5) is 0 Å². The summed E-state index contributed by atoms with van der Waals surface area (Å²) in [5.41, 5.74) is 0.736. The zero-order valence-electron chi connectivity index (χ0n) is 12.2. The van der Waals surface area contributed by atoms with Gasteiger partial charge < -0.3 is 9.84 Å². The van der Waals surface area contributed by atoms with Gasteiger partial charge in [-0.15, -0.1) is 0 Å². The lowest BCUT2D eigenvalue weighted by Gasteiger charge is -2.10. The fourth-order valence-corrected chi connectivity index (χ4v) is 2.59. The van der Waals surface area contributed by atoms with Crippen molar-refractivity contribution in [2.24, 2.45) is 0 Å². The number of fused-ring (bicyclic) bond motifs is 1. The van der Waals surface area contributed by atoms with Gasteiger partial charge in [-0.1, -0.05) is 30.3 Å². The zero-order valence-corrected chi connectivity index (χ0v) is 12.2. The van der Waals surface area contributed by atoms with Gasteiger partial charge in [-0.3, -0.25) is 14.7 Å². The molecular formula is C17H16N2O3. The van der Waals surface area contributed by atoms with E-state index in [-0.39, 0.29) is 0 Å². The Bertz CT molecular complexity index is 925. The van der Waals surface area contributed by atoms with Crippen LogP contribution in [-0.2, 0) is 12.8 Å². The highest BCUT2D eigenvalue weighted by atomic mass is 16.5. The SMILES string of the molecule is COc1ccc(CCc2cc(=O)c(=O)[nH][nH]2)c2ccccc12. The molecule has 1 heterocycles. The molecule has 0 spiro atoms. The van der Waals surface area contributed by atoms with Crippen LogP contribution >= 0.6 is 0 Å². The quantitative estimate of drug-likeness (QED) is 0.723. The molecule has 5 heteroatoms. The molecule has 22 heavy (non-hydrogen) atoms. The van der Waals surface area contributed by atoms with Crippen molar-refractivity contribution in [1.82, 2.24) is 10.2 Å². The van der Waals surface area contributed by atoms with E-state index in [0.717, 1.165) is 22.9 Å². The van der Waals surface area contributed by atoms with Crippen molar-refractivity contribution in [3.63, 3.8) is 0 Å². The van der Waals surface area contributed by atoms with Gasteiger partial charge in [0.25, 0.3) is 0 Å². The number of aryl methyl sites for hydroxylation is 2. The summed E-state index contributed by atoms with van der Waals surface area (Å²) in [5.74, 6) is 0.844. The van der Waals surface area contributed by atoms with Gasteiger partial charge in [0, 0.05) is 17.1 Å². The molecule has 0 unspecified atom stereocenters. The summed E-state index contributed by atoms with van der Waals surface area (Å²) in [4.78, 5) is 22.4. The standard InChI is InChI=1S/C17H16N2O3/c1-22-16-9-7-11(13-4-2-3-5-14(13)16)6-8-12-10-15(20)17(21)19-18-12/h2-5,7,9-10H,6,8H2,1H3,(H,18,20)(H,19,21). The summed E-state index contributed by atoms with van der Waals surface area (Å²) < 4.78 is 5.39. The largest absolute Gasteiger partial charge is 0.496 e. The third kappa shape index (κ3) is 2.65. The van der Waals surface area contributed by atoms with Crippen molar-refractivity contribution in [1.29, 1.82) is 0 Å². The van der Waals surface area contributed by atoms with E-state index in [9.17, 15) is 9.59 Å². The van der Waals surface area contributed by atoms with Gasteiger partial charge in [0.2, 0.25) is 5.43 Å². The summed E-state index contributed by atoms with van der Waals surface area (Å²) in [7, 11) is 1.66. The third-order valence-electron chi connectivity index (χ3n) is 3.72. The first-order valence-corrected chi connectivity index (χ1v) is 7.04. The number of methoxy groups -OCH3 is 1. The normalized spacial score (nSPS) is 10.8. The first-order chi connectivity index (χ1) is 10.7. The van der Waals surface area contributed by atoms with Crippen LogP contribution in [0.5, 0.6) is 5.75 Å². The fraction of sp³-hybridized carbons (Fsp3) is 0.176. The van der Waals surface area contributed by atoms with Gasteiger partial charge >= 0.3 is 5.56 Å². The average molecular weight is 296 g/mol. The summed E-state index contributed by atoms with van der Waals surface area (Å²) in [6, 6.07) is 13.4. The van der Waals surface area contributed by atoms with Crippen molar-refractivity contribution in [3.05, 3.63) is 74.3 Å². The molecule has 3 rings (SSSR count). The van der Waals surface area contributed by atoms with E-state index in [4.69, 9.17) is 4.74 Å². The minimum absolute atomic E-state index is 0.520. The van der Waals surface area contributed by atoms with Gasteiger partial charge in [0.1, 0.15) is 5.75 Å². The van der Waals surface area contributed by atoms with E-state index in [0.29, 0.717) is 12.1 Å². The molecular weight excluding hydrogens is 280 g/mol. The molecule has 0 aliphatic carbocycles. The molecule has 0 bridgehead atoms. The van der Waals surface area contributed by atoms with Crippen LogP contribution in [0.2, 0.25) is 0 Å². The highest BCUT2D eigenvalue weighted by Gasteiger charge is 2.07. The van der Waals surface area contributed by atoms with Crippen molar-refractivity contribution in [2.45, 2.75) is 12.8 Å². The molecule has 0 aliphatic heterocycles. The molecule has 3 aromatic rings. The number of hydrogen-bond acceptors (Lipinski definition) is 3. The Hall–Kier alpha value is -2.82. The van der Waals surface area contributed by atoms with Crippen LogP contribution < -0.4 is 15.7 Å². The Morgan fingerprint density at radius 1 is 0.955 bits per heavy atom. The number of aromatic amines is 2. The number of ether oxygens (including phenoxy) is 1. The molecule has 0 radical (unpaired) electrons. The van der Waals surface area contributed by atoms with Crippen molar-refractivity contribution >= 4 is 10.8 Å². The van der Waals surface area contributed by atoms with Crippen LogP contribution in [-0.4, -0.2) is 17.3 Å². The molecule has 0 amide bonds. The second-order valence-corrected chi connectivity index (χ2v) is 5.09. The lowest BCUT2D eigenvalue weighted by molar-refractivity contribution is 0.419. The summed E-state index contributed by atoms with van der Waals surface area (Å²) in [6.45, 7) is 0. The van der Waals surface area contributed by atoms with Crippen LogP contribution in [0.15, 0.2) is 52.1 Å². The van der Waals surface area contributed by atoms with Gasteiger partial charge in [-0.2, -0.15) is 0 Å². The highest BCUT2D eigenvalue weighted by Crippen LogP contribution is 2.28. The molecule has 0 aliphatic rings. The topological polar surface area (TPSA) is 75.0 Å². The van der Waals surface area contributed by atoms with Crippen LogP contribution in [0.1, 0.15) is 11.3 Å². The van der Waals surface area contributed by atoms with E-state index in [2.05, 4.69) is 16.3 Å². The fourth-order valence-electron chi connectivity index (χ4n) is 2.59. The number of hydrogen-bond donors (Lipinski definition) is 2. The van der Waals surface area contributed by atoms with Gasteiger partial charge in [-0.05, 0) is 29.9 Å². The summed E-state index contributed by atoms with van der Waals surface area (Å²) in [5, 5.41) is 7.30. The molecule has 2 N–H and O–H groups in total. The maximum atomic E-state index is 11.4. The lowest BCUT2D eigenvalue weighted by Crippen LogP contribution is -2.27. The molecule has 0 fully saturated rings. The Morgan fingerprint density at radius 3 is 2.45 bits per heavy atom. The van der Waals surface area contributed by atoms with Gasteiger partial charge in [0.05, 0.1) is 7.11 Å². The Kier molecular flexibility index (Phi) is 3.78. The molecule has 5 nitrogen and oxygen atoms in total. The maximum Gasteiger partial charge on any atom is 0.310 e. The van der Waals surface area contributed by atoms with E-state index >= 15 is 0 Å². The molecule has 0 atom stereocenters. The minimum Gasteiger partial charge on any atom is -0.496 e. The summed E-state index contributed by atoms with van der Waals surface area (Å²) >= 11 is 0. The summed E-state index contributed by atoms with van der Waals surface area (Å²) in [6.07, 6.45) is 1.40. The van der Waals surface area contributed by atoms with E-state index in [1.807, 2.05) is 30.3 Å². The zero-order chi connectivity index (χ0) is 15.5. The molecule has 0 saturated heterocycles. The second kappa shape index (κ2) is 5.89. The molecule has 0 saturated carbocycles. The van der Waals surface area contributed by atoms with Crippen LogP contribution in [0.3, 0.4) is 0 Å². The van der Waals surface area contributed by atoms with E-state index in [1.54, 1.807) is 7.11 Å².